The van der Waals surface area contributed by atoms with E-state index in [1.165, 1.54) is 5.56 Å². The summed E-state index contributed by atoms with van der Waals surface area (Å²) in [6, 6.07) is 10.5. The molecule has 6 nitrogen and oxygen atoms in total. The lowest BCUT2D eigenvalue weighted by Crippen LogP contribution is -2.46. The molecule has 1 amide bonds. The van der Waals surface area contributed by atoms with Gasteiger partial charge in [0.2, 0.25) is 5.95 Å². The van der Waals surface area contributed by atoms with Crippen molar-refractivity contribution in [1.29, 1.82) is 0 Å². The standard InChI is InChI=1S/C20H27N5O/c1-20(2,3)23-18(26)17-13-21-19(22-14-17)25-11-9-24(10-12-25)15-16-7-5-4-6-8-16/h4-8,13-14H,9-12,15H2,1-3H3,(H,23,26). The lowest BCUT2D eigenvalue weighted by Gasteiger charge is -2.34. The second kappa shape index (κ2) is 7.83. The number of benzene rings is 1. The predicted octanol–water partition coefficient (Wildman–Crippen LogP) is 2.33. The Kier molecular flexibility index (Phi) is 5.52. The highest BCUT2D eigenvalue weighted by Gasteiger charge is 2.20. The molecule has 1 aromatic carbocycles. The smallest absolute Gasteiger partial charge is 0.254 e. The summed E-state index contributed by atoms with van der Waals surface area (Å²) in [7, 11) is 0. The van der Waals surface area contributed by atoms with Gasteiger partial charge in [0.15, 0.2) is 0 Å². The number of rotatable bonds is 4. The summed E-state index contributed by atoms with van der Waals surface area (Å²) in [6.07, 6.45) is 3.22. The van der Waals surface area contributed by atoms with Crippen LogP contribution in [0.3, 0.4) is 0 Å². The Balaban J connectivity index is 1.54. The zero-order valence-corrected chi connectivity index (χ0v) is 15.8. The molecule has 26 heavy (non-hydrogen) atoms. The van der Waals surface area contributed by atoms with Gasteiger partial charge in [-0.1, -0.05) is 30.3 Å². The van der Waals surface area contributed by atoms with E-state index in [0.717, 1.165) is 32.7 Å². The fourth-order valence-corrected chi connectivity index (χ4v) is 2.96. The average molecular weight is 353 g/mol. The molecule has 2 aromatic rings. The highest BCUT2D eigenvalue weighted by Crippen LogP contribution is 2.13. The summed E-state index contributed by atoms with van der Waals surface area (Å²) in [5, 5.41) is 2.92. The number of carbonyl (C=O) groups excluding carboxylic acids is 1. The maximum Gasteiger partial charge on any atom is 0.254 e. The van der Waals surface area contributed by atoms with Gasteiger partial charge in [0.1, 0.15) is 0 Å². The van der Waals surface area contributed by atoms with Gasteiger partial charge in [-0.25, -0.2) is 9.97 Å². The van der Waals surface area contributed by atoms with E-state index in [4.69, 9.17) is 0 Å². The fraction of sp³-hybridized carbons (Fsp3) is 0.450. The number of carbonyl (C=O) groups is 1. The highest BCUT2D eigenvalue weighted by molar-refractivity contribution is 5.94. The molecular weight excluding hydrogens is 326 g/mol. The number of anilines is 1. The third-order valence-corrected chi connectivity index (χ3v) is 4.29. The van der Waals surface area contributed by atoms with Crippen LogP contribution in [0.4, 0.5) is 5.95 Å². The molecule has 1 fully saturated rings. The van der Waals surface area contributed by atoms with E-state index in [1.807, 2.05) is 26.8 Å². The first-order valence-corrected chi connectivity index (χ1v) is 9.06. The van der Waals surface area contributed by atoms with Gasteiger partial charge in [0, 0.05) is 50.7 Å². The Morgan fingerprint density at radius 3 is 2.23 bits per heavy atom. The second-order valence-electron chi connectivity index (χ2n) is 7.72. The molecule has 0 bridgehead atoms. The van der Waals surface area contributed by atoms with Crippen molar-refractivity contribution < 1.29 is 4.79 Å². The maximum atomic E-state index is 12.2. The van der Waals surface area contributed by atoms with Crippen LogP contribution in [0.15, 0.2) is 42.7 Å². The molecule has 2 heterocycles. The van der Waals surface area contributed by atoms with E-state index >= 15 is 0 Å². The van der Waals surface area contributed by atoms with Crippen molar-refractivity contribution >= 4 is 11.9 Å². The minimum absolute atomic E-state index is 0.142. The predicted molar refractivity (Wildman–Crippen MR) is 103 cm³/mol. The summed E-state index contributed by atoms with van der Waals surface area (Å²) in [6.45, 7) is 10.6. The molecular formula is C20H27N5O. The number of hydrogen-bond donors (Lipinski definition) is 1. The lowest BCUT2D eigenvalue weighted by atomic mass is 10.1. The first kappa shape index (κ1) is 18.3. The Morgan fingerprint density at radius 1 is 1.04 bits per heavy atom. The molecule has 3 rings (SSSR count). The summed E-state index contributed by atoms with van der Waals surface area (Å²) >= 11 is 0. The number of nitrogens with zero attached hydrogens (tertiary/aromatic N) is 4. The number of piperazine rings is 1. The van der Waals surface area contributed by atoms with Crippen molar-refractivity contribution in [3.05, 3.63) is 53.9 Å². The van der Waals surface area contributed by atoms with Gasteiger partial charge < -0.3 is 10.2 Å². The van der Waals surface area contributed by atoms with Crippen molar-refractivity contribution in [3.8, 4) is 0 Å². The van der Waals surface area contributed by atoms with Gasteiger partial charge in [-0.05, 0) is 26.3 Å². The molecule has 6 heteroatoms. The molecule has 138 valence electrons. The molecule has 0 saturated carbocycles. The molecule has 0 atom stereocenters. The van der Waals surface area contributed by atoms with Crippen molar-refractivity contribution in [3.63, 3.8) is 0 Å². The van der Waals surface area contributed by atoms with Gasteiger partial charge in [0.25, 0.3) is 5.91 Å². The molecule has 0 unspecified atom stereocenters. The van der Waals surface area contributed by atoms with Crippen LogP contribution in [0, 0.1) is 0 Å². The van der Waals surface area contributed by atoms with Crippen LogP contribution >= 0.6 is 0 Å². The first-order valence-electron chi connectivity index (χ1n) is 9.06. The van der Waals surface area contributed by atoms with E-state index in [2.05, 4.69) is 49.4 Å². The third kappa shape index (κ3) is 5.02. The molecule has 0 aliphatic carbocycles. The van der Waals surface area contributed by atoms with Gasteiger partial charge in [0.05, 0.1) is 5.56 Å². The van der Waals surface area contributed by atoms with Gasteiger partial charge in [-0.3, -0.25) is 9.69 Å². The van der Waals surface area contributed by atoms with Crippen LogP contribution in [-0.4, -0.2) is 52.5 Å². The minimum atomic E-state index is -0.273. The van der Waals surface area contributed by atoms with Crippen molar-refractivity contribution in [1.82, 2.24) is 20.2 Å². The number of aromatic nitrogens is 2. The average Bonchev–Trinajstić information content (AvgIpc) is 2.62. The summed E-state index contributed by atoms with van der Waals surface area (Å²) in [5.74, 6) is 0.549. The topological polar surface area (TPSA) is 61.4 Å². The van der Waals surface area contributed by atoms with Crippen LogP contribution in [0.5, 0.6) is 0 Å². The van der Waals surface area contributed by atoms with Crippen LogP contribution in [0.1, 0.15) is 36.7 Å². The molecule has 1 aliphatic heterocycles. The third-order valence-electron chi connectivity index (χ3n) is 4.29. The van der Waals surface area contributed by atoms with Crippen LogP contribution in [0.25, 0.3) is 0 Å². The van der Waals surface area contributed by atoms with E-state index in [9.17, 15) is 4.79 Å². The van der Waals surface area contributed by atoms with E-state index < -0.39 is 0 Å². The maximum absolute atomic E-state index is 12.2. The Bertz CT molecular complexity index is 716. The normalized spacial score (nSPS) is 15.7. The second-order valence-corrected chi connectivity index (χ2v) is 7.72. The summed E-state index contributed by atoms with van der Waals surface area (Å²) in [5.41, 5.74) is 1.56. The van der Waals surface area contributed by atoms with E-state index in [1.54, 1.807) is 12.4 Å². The summed E-state index contributed by atoms with van der Waals surface area (Å²) < 4.78 is 0. The Hall–Kier alpha value is -2.47. The highest BCUT2D eigenvalue weighted by atomic mass is 16.1. The lowest BCUT2D eigenvalue weighted by molar-refractivity contribution is 0.0919. The van der Waals surface area contributed by atoms with Crippen LogP contribution in [-0.2, 0) is 6.54 Å². The number of amides is 1. The number of nitrogens with one attached hydrogen (secondary N) is 1. The molecule has 1 aromatic heterocycles. The summed E-state index contributed by atoms with van der Waals surface area (Å²) in [4.78, 5) is 25.6. The molecule has 0 radical (unpaired) electrons. The molecule has 1 N–H and O–H groups in total. The zero-order chi connectivity index (χ0) is 18.6. The minimum Gasteiger partial charge on any atom is -0.347 e. The first-order chi connectivity index (χ1) is 12.4. The van der Waals surface area contributed by atoms with Crippen LogP contribution < -0.4 is 10.2 Å². The van der Waals surface area contributed by atoms with E-state index in [-0.39, 0.29) is 11.4 Å². The van der Waals surface area contributed by atoms with Gasteiger partial charge in [-0.2, -0.15) is 0 Å². The molecule has 1 saturated heterocycles. The Morgan fingerprint density at radius 2 is 1.65 bits per heavy atom. The molecule has 1 aliphatic rings. The van der Waals surface area contributed by atoms with Gasteiger partial charge in [-0.15, -0.1) is 0 Å². The van der Waals surface area contributed by atoms with Gasteiger partial charge >= 0.3 is 0 Å². The number of hydrogen-bond acceptors (Lipinski definition) is 5. The largest absolute Gasteiger partial charge is 0.347 e. The monoisotopic (exact) mass is 353 g/mol. The van der Waals surface area contributed by atoms with E-state index in [0.29, 0.717) is 11.5 Å². The zero-order valence-electron chi connectivity index (χ0n) is 15.8. The van der Waals surface area contributed by atoms with Crippen molar-refractivity contribution in [2.75, 3.05) is 31.1 Å². The van der Waals surface area contributed by atoms with Crippen LogP contribution in [0.2, 0.25) is 0 Å². The SMILES string of the molecule is CC(C)(C)NC(=O)c1cnc(N2CCN(Cc3ccccc3)CC2)nc1. The fourth-order valence-electron chi connectivity index (χ4n) is 2.96. The van der Waals surface area contributed by atoms with Crippen molar-refractivity contribution in [2.45, 2.75) is 32.9 Å². The quantitative estimate of drug-likeness (QED) is 0.914. The van der Waals surface area contributed by atoms with Crippen molar-refractivity contribution in [2.24, 2.45) is 0 Å². The molecule has 0 spiro atoms. The Labute approximate surface area is 155 Å².